The zero-order valence-corrected chi connectivity index (χ0v) is 51.1. The van der Waals surface area contributed by atoms with Crippen molar-refractivity contribution in [1.82, 2.24) is 0 Å². The maximum Gasteiger partial charge on any atom is 0.113 e. The van der Waals surface area contributed by atoms with Crippen LogP contribution in [-0.2, 0) is 0 Å². The van der Waals surface area contributed by atoms with E-state index in [9.17, 15) is 0 Å². The van der Waals surface area contributed by atoms with Gasteiger partial charge in [0.1, 0.15) is 7.85 Å². The van der Waals surface area contributed by atoms with Gasteiger partial charge in [-0.25, -0.2) is 0 Å². The zero-order chi connectivity index (χ0) is 61.8. The summed E-state index contributed by atoms with van der Waals surface area (Å²) in [6.45, 7) is 27.5. The predicted molar refractivity (Wildman–Crippen MR) is 406 cm³/mol. The minimum absolute atomic E-state index is 0.132. The highest BCUT2D eigenvalue weighted by molar-refractivity contribution is 7.89. The van der Waals surface area contributed by atoms with E-state index in [4.69, 9.17) is 139 Å². The van der Waals surface area contributed by atoms with E-state index >= 15 is 0 Å². The normalized spacial score (nSPS) is 11.3. The lowest BCUT2D eigenvalue weighted by Gasteiger charge is -2.42. The van der Waals surface area contributed by atoms with Crippen LogP contribution in [0.15, 0.2) is 0 Å². The smallest absolute Gasteiger partial charge is 0.113 e. The average molecular weight is 991 g/mol. The molecule has 0 aromatic heterocycles. The van der Waals surface area contributed by atoms with E-state index in [0.717, 1.165) is 77.2 Å². The summed E-state index contributed by atoms with van der Waals surface area (Å²) in [7, 11) is 131. The van der Waals surface area contributed by atoms with Gasteiger partial charge in [0.15, 0.2) is 0 Å². The highest BCUT2D eigenvalue weighted by atomic mass is 14.3. The van der Waals surface area contributed by atoms with Crippen LogP contribution in [0.2, 0.25) is 0 Å². The standard InChI is InChI=1S/C49H45B33/c1-16-17(2)25(10)32-31(23(16)8)24(9)22(7)30(15)33(32)38-34-26(11)18(3)20(5)28(13)36(34)39(37-29(14)21(6)19(4)27(12)35(37)38)41-44(68-51)43(50)40-42(45(41)72(55)69-52)46(73(56)77(57)58)48(74(70-53)78(59)60)49(75(79(61)62)80(63)64)47(40)76(81(65)66)82(67)71-54/h1-15H3. The summed E-state index contributed by atoms with van der Waals surface area (Å²) in [4.78, 5) is 0. The van der Waals surface area contributed by atoms with Crippen molar-refractivity contribution < 1.29 is 0 Å². The lowest BCUT2D eigenvalue weighted by atomic mass is 8.66. The molecule has 0 atom stereocenters. The van der Waals surface area contributed by atoms with Crippen molar-refractivity contribution in [1.29, 1.82) is 0 Å². The van der Waals surface area contributed by atoms with Crippen molar-refractivity contribution in [2.45, 2.75) is 104 Å². The summed E-state index contributed by atoms with van der Waals surface area (Å²) in [5.41, 5.74) is 23.1. The monoisotopic (exact) mass is 997 g/mol. The van der Waals surface area contributed by atoms with E-state index in [1.807, 2.05) is 0 Å². The summed E-state index contributed by atoms with van der Waals surface area (Å²) in [5, 5.41) is 7.11. The minimum Gasteiger partial charge on any atom is -0.113 e. The van der Waals surface area contributed by atoms with Gasteiger partial charge in [0.05, 0.1) is 39.6 Å². The van der Waals surface area contributed by atoms with Crippen molar-refractivity contribution in [2.24, 2.45) is 0 Å². The molecule has 82 heavy (non-hydrogen) atoms. The lowest BCUT2D eigenvalue weighted by Crippen LogP contribution is -2.80. The van der Waals surface area contributed by atoms with Crippen LogP contribution in [0.25, 0.3) is 65.3 Å². The van der Waals surface area contributed by atoms with Crippen LogP contribution >= 0.6 is 0 Å². The quantitative estimate of drug-likeness (QED) is 0.0645. The summed E-state index contributed by atoms with van der Waals surface area (Å²) in [6, 6.07) is 0. The fourth-order valence-electron chi connectivity index (χ4n) is 14.1. The van der Waals surface area contributed by atoms with Gasteiger partial charge in [0, 0.05) is 191 Å². The molecule has 7 aromatic rings. The molecular weight excluding hydrogens is 945 g/mol. The van der Waals surface area contributed by atoms with Gasteiger partial charge in [-0.3, -0.25) is 0 Å². The van der Waals surface area contributed by atoms with Gasteiger partial charge in [-0.15, -0.1) is 10.9 Å². The molecule has 0 spiro atoms. The van der Waals surface area contributed by atoms with Gasteiger partial charge >= 0.3 is 0 Å². The first kappa shape index (κ1) is 67.2. The molecule has 0 aliphatic carbocycles. The van der Waals surface area contributed by atoms with E-state index in [1.165, 1.54) is 83.6 Å². The zero-order valence-electron chi connectivity index (χ0n) is 51.1. The van der Waals surface area contributed by atoms with Gasteiger partial charge in [0.25, 0.3) is 0 Å². The fourth-order valence-corrected chi connectivity index (χ4v) is 14.1. The average Bonchev–Trinajstić information content (AvgIpc) is 1.94. The Morgan fingerprint density at radius 1 is 0.280 bits per heavy atom. The van der Waals surface area contributed by atoms with E-state index in [0.29, 0.717) is 27.3 Å². The van der Waals surface area contributed by atoms with Crippen LogP contribution < -0.4 is 38.2 Å². The Kier molecular flexibility index (Phi) is 20.9. The third-order valence-corrected chi connectivity index (χ3v) is 19.7. The van der Waals surface area contributed by atoms with Crippen molar-refractivity contribution in [3.63, 3.8) is 0 Å². The van der Waals surface area contributed by atoms with Gasteiger partial charge in [-0.1, -0.05) is 27.3 Å². The molecule has 7 rings (SSSR count). The molecule has 33 heteroatoms. The SMILES string of the molecule is [B][B]B([B])B(B([B])[B])c1c(B(B([B])[B])B([B])[B])c(B([B][B])B([B])[B])c(B([B])B([B])[B])c2c(B([B])[B][B])c(-c3c4c(C)c(C)c(C)c(C)c4c(-c4c(C)c(C)c(C)c5c(C)c(C)c(C)c(C)c45)c4c(C)c(C)c(C)c(C)c34)c([B][B])c([B])c12. The van der Waals surface area contributed by atoms with Crippen molar-refractivity contribution in [3.05, 3.63) is 83.5 Å². The maximum atomic E-state index is 8.00. The fraction of sp³-hybridized carbons (Fsp3) is 0.306. The van der Waals surface area contributed by atoms with E-state index in [2.05, 4.69) is 104 Å². The maximum absolute atomic E-state index is 8.00. The molecule has 0 saturated heterocycles. The molecule has 340 valence electrons. The van der Waals surface area contributed by atoms with Gasteiger partial charge in [0.2, 0.25) is 0 Å². The Hall–Kier alpha value is -2.28. The predicted octanol–water partition coefficient (Wildman–Crippen LogP) is -4.08. The first-order chi connectivity index (χ1) is 38.2. The molecule has 7 aromatic carbocycles. The molecule has 0 heterocycles. The number of rotatable bonds is 17. The summed E-state index contributed by atoms with van der Waals surface area (Å²) in [6.07, 6.45) is -7.42. The second kappa shape index (κ2) is 25.4. The lowest BCUT2D eigenvalue weighted by molar-refractivity contribution is 1.22. The van der Waals surface area contributed by atoms with Crippen LogP contribution in [0.1, 0.15) is 83.5 Å². The number of hydrogen-bond acceptors (Lipinski definition) is 0. The summed E-state index contributed by atoms with van der Waals surface area (Å²) >= 11 is 0. The van der Waals surface area contributed by atoms with Gasteiger partial charge in [-0.05, 0) is 253 Å². The highest BCUT2D eigenvalue weighted by Gasteiger charge is 2.43. The molecule has 40 radical (unpaired) electrons. The third-order valence-electron chi connectivity index (χ3n) is 19.7. The number of hydrogen-bond donors (Lipinski definition) is 0. The van der Waals surface area contributed by atoms with Gasteiger partial charge < -0.3 is 0 Å². The topological polar surface area (TPSA) is 0 Å². The second-order valence-corrected chi connectivity index (χ2v) is 23.6. The molecule has 0 saturated carbocycles. The molecule has 0 bridgehead atoms. The largest absolute Gasteiger partial charge is 0.113 e. The molecular formula is C49H45B33. The van der Waals surface area contributed by atoms with Crippen LogP contribution in [0.5, 0.6) is 0 Å². The van der Waals surface area contributed by atoms with Crippen molar-refractivity contribution in [2.75, 3.05) is 0 Å². The first-order valence-corrected chi connectivity index (χ1v) is 28.2. The Morgan fingerprint density at radius 3 is 0.976 bits per heavy atom. The minimum atomic E-state index is -1.28. The molecule has 0 N–H and O–H groups in total. The van der Waals surface area contributed by atoms with Gasteiger partial charge in [-0.2, -0.15) is 0 Å². The molecule has 0 fully saturated rings. The summed E-state index contributed by atoms with van der Waals surface area (Å²) in [5.74, 6) is 0. The Balaban J connectivity index is 2.09. The number of fused-ring (bicyclic) bond motifs is 4. The highest BCUT2D eigenvalue weighted by Crippen LogP contribution is 2.53. The first-order valence-electron chi connectivity index (χ1n) is 28.2. The molecule has 0 unspecified atom stereocenters. The Labute approximate surface area is 525 Å². The van der Waals surface area contributed by atoms with Crippen LogP contribution in [0.4, 0.5) is 0 Å². The third kappa shape index (κ3) is 10.4. The molecule has 0 aliphatic heterocycles. The van der Waals surface area contributed by atoms with Crippen molar-refractivity contribution in [3.8, 4) is 22.3 Å². The van der Waals surface area contributed by atoms with E-state index in [-0.39, 0.29) is 27.2 Å². The Morgan fingerprint density at radius 2 is 0.646 bits per heavy atom. The molecule has 0 nitrogen and oxygen atoms in total. The summed E-state index contributed by atoms with van der Waals surface area (Å²) < 4.78 is 0. The van der Waals surface area contributed by atoms with Crippen molar-refractivity contribution >= 4 is 320 Å². The molecule has 0 aliphatic rings. The molecule has 0 amide bonds. The van der Waals surface area contributed by atoms with Crippen LogP contribution in [-0.4, -0.2) is 239 Å². The van der Waals surface area contributed by atoms with E-state index in [1.54, 1.807) is 0 Å². The van der Waals surface area contributed by atoms with E-state index < -0.39 is 70.8 Å². The Bertz CT molecular complexity index is 3640. The van der Waals surface area contributed by atoms with Crippen LogP contribution in [0, 0.1) is 104 Å². The van der Waals surface area contributed by atoms with Crippen LogP contribution in [0.3, 0.4) is 0 Å². The number of aryl methyl sites for hydroxylation is 7. The second-order valence-electron chi connectivity index (χ2n) is 23.6. The number of benzene rings is 7.